The molecule has 0 saturated carbocycles. The van der Waals surface area contributed by atoms with Crippen molar-refractivity contribution in [2.45, 2.75) is 46.1 Å². The van der Waals surface area contributed by atoms with Gasteiger partial charge in [-0.2, -0.15) is 15.0 Å². The van der Waals surface area contributed by atoms with Crippen molar-refractivity contribution >= 4 is 11.9 Å². The van der Waals surface area contributed by atoms with E-state index in [4.69, 9.17) is 10.6 Å². The standard InChI is InChI=1S/C13H24N6O/c1-4-10-5-7-19(8-6-10)12-15-11(18-14)16-13(17-12)20-9(2)3/h9-10H,4-8,14H2,1-3H3,(H,15,16,17,18). The summed E-state index contributed by atoms with van der Waals surface area (Å²) in [7, 11) is 0. The molecule has 112 valence electrons. The number of piperidine rings is 1. The van der Waals surface area contributed by atoms with E-state index in [2.05, 4.69) is 32.2 Å². The number of hydrazine groups is 1. The molecule has 1 aromatic heterocycles. The third kappa shape index (κ3) is 3.69. The third-order valence-electron chi connectivity index (χ3n) is 3.55. The molecule has 0 radical (unpaired) electrons. The quantitative estimate of drug-likeness (QED) is 0.625. The average molecular weight is 280 g/mol. The van der Waals surface area contributed by atoms with Crippen LogP contribution in [0.1, 0.15) is 40.0 Å². The molecule has 0 bridgehead atoms. The van der Waals surface area contributed by atoms with Gasteiger partial charge < -0.3 is 9.64 Å². The van der Waals surface area contributed by atoms with E-state index in [1.165, 1.54) is 19.3 Å². The predicted molar refractivity (Wildman–Crippen MR) is 78.6 cm³/mol. The van der Waals surface area contributed by atoms with Crippen LogP contribution in [-0.4, -0.2) is 34.1 Å². The van der Waals surface area contributed by atoms with E-state index in [-0.39, 0.29) is 6.10 Å². The SMILES string of the molecule is CCC1CCN(c2nc(NN)nc(OC(C)C)n2)CC1. The lowest BCUT2D eigenvalue weighted by Gasteiger charge is -2.31. The van der Waals surface area contributed by atoms with Crippen LogP contribution in [0.2, 0.25) is 0 Å². The number of aromatic nitrogens is 3. The molecule has 0 unspecified atom stereocenters. The third-order valence-corrected chi connectivity index (χ3v) is 3.55. The van der Waals surface area contributed by atoms with E-state index >= 15 is 0 Å². The normalized spacial score (nSPS) is 16.6. The van der Waals surface area contributed by atoms with Crippen LogP contribution in [0.5, 0.6) is 6.01 Å². The Bertz CT molecular complexity index is 431. The highest BCUT2D eigenvalue weighted by Crippen LogP contribution is 2.24. The van der Waals surface area contributed by atoms with Crippen LogP contribution in [-0.2, 0) is 0 Å². The summed E-state index contributed by atoms with van der Waals surface area (Å²) in [5.74, 6) is 7.20. The maximum Gasteiger partial charge on any atom is 0.323 e. The van der Waals surface area contributed by atoms with E-state index in [9.17, 15) is 0 Å². The van der Waals surface area contributed by atoms with Gasteiger partial charge in [-0.15, -0.1) is 0 Å². The predicted octanol–water partition coefficient (Wildman–Crippen LogP) is 1.57. The highest BCUT2D eigenvalue weighted by molar-refractivity contribution is 5.38. The van der Waals surface area contributed by atoms with Crippen molar-refractivity contribution in [1.82, 2.24) is 15.0 Å². The van der Waals surface area contributed by atoms with Crippen molar-refractivity contribution < 1.29 is 4.74 Å². The first-order valence-corrected chi connectivity index (χ1v) is 7.26. The molecule has 1 aliphatic heterocycles. The largest absolute Gasteiger partial charge is 0.461 e. The van der Waals surface area contributed by atoms with Gasteiger partial charge in [-0.25, -0.2) is 5.84 Å². The second kappa shape index (κ2) is 6.69. The van der Waals surface area contributed by atoms with E-state index < -0.39 is 0 Å². The molecule has 2 heterocycles. The smallest absolute Gasteiger partial charge is 0.323 e. The number of nitrogens with zero attached hydrogens (tertiary/aromatic N) is 4. The number of anilines is 2. The molecule has 0 aliphatic carbocycles. The van der Waals surface area contributed by atoms with E-state index in [0.717, 1.165) is 19.0 Å². The minimum absolute atomic E-state index is 0.0155. The summed E-state index contributed by atoms with van der Waals surface area (Å²) >= 11 is 0. The topological polar surface area (TPSA) is 89.2 Å². The van der Waals surface area contributed by atoms with Crippen molar-refractivity contribution in [3.05, 3.63) is 0 Å². The zero-order valence-corrected chi connectivity index (χ0v) is 12.5. The lowest BCUT2D eigenvalue weighted by atomic mass is 9.95. The molecule has 1 fully saturated rings. The van der Waals surface area contributed by atoms with Gasteiger partial charge in [-0.05, 0) is 32.6 Å². The number of hydrogen-bond acceptors (Lipinski definition) is 7. The Morgan fingerprint density at radius 1 is 1.30 bits per heavy atom. The van der Waals surface area contributed by atoms with Gasteiger partial charge in [0.1, 0.15) is 0 Å². The zero-order valence-electron chi connectivity index (χ0n) is 12.5. The van der Waals surface area contributed by atoms with Crippen LogP contribution >= 0.6 is 0 Å². The summed E-state index contributed by atoms with van der Waals surface area (Å²) < 4.78 is 5.55. The highest BCUT2D eigenvalue weighted by Gasteiger charge is 2.21. The van der Waals surface area contributed by atoms with Crippen molar-refractivity contribution in [1.29, 1.82) is 0 Å². The van der Waals surface area contributed by atoms with Crippen LogP contribution in [0.25, 0.3) is 0 Å². The van der Waals surface area contributed by atoms with Crippen LogP contribution in [0.3, 0.4) is 0 Å². The molecular weight excluding hydrogens is 256 g/mol. The van der Waals surface area contributed by atoms with Crippen molar-refractivity contribution in [2.24, 2.45) is 11.8 Å². The highest BCUT2D eigenvalue weighted by atomic mass is 16.5. The summed E-state index contributed by atoms with van der Waals surface area (Å²) in [5, 5.41) is 0. The van der Waals surface area contributed by atoms with Crippen LogP contribution in [0, 0.1) is 5.92 Å². The Hall–Kier alpha value is -1.63. The Kier molecular flexibility index (Phi) is 4.94. The first-order chi connectivity index (χ1) is 9.62. The Morgan fingerprint density at radius 3 is 2.55 bits per heavy atom. The van der Waals surface area contributed by atoms with Crippen molar-refractivity contribution in [2.75, 3.05) is 23.4 Å². The van der Waals surface area contributed by atoms with Crippen molar-refractivity contribution in [3.63, 3.8) is 0 Å². The number of nitrogen functional groups attached to an aromatic ring is 1. The van der Waals surface area contributed by atoms with Gasteiger partial charge in [0.25, 0.3) is 0 Å². The van der Waals surface area contributed by atoms with Gasteiger partial charge in [0.05, 0.1) is 6.10 Å². The molecule has 7 nitrogen and oxygen atoms in total. The summed E-state index contributed by atoms with van der Waals surface area (Å²) in [6.45, 7) is 8.05. The molecule has 0 amide bonds. The summed E-state index contributed by atoms with van der Waals surface area (Å²) in [4.78, 5) is 15.0. The minimum Gasteiger partial charge on any atom is -0.461 e. The van der Waals surface area contributed by atoms with Crippen molar-refractivity contribution in [3.8, 4) is 6.01 Å². The molecule has 1 aliphatic rings. The fraction of sp³-hybridized carbons (Fsp3) is 0.769. The van der Waals surface area contributed by atoms with E-state index in [1.54, 1.807) is 0 Å². The monoisotopic (exact) mass is 280 g/mol. The Morgan fingerprint density at radius 2 is 2.00 bits per heavy atom. The van der Waals surface area contributed by atoms with Gasteiger partial charge in [-0.1, -0.05) is 13.3 Å². The van der Waals surface area contributed by atoms with Crippen LogP contribution < -0.4 is 20.9 Å². The fourth-order valence-corrected chi connectivity index (χ4v) is 2.36. The number of hydrogen-bond donors (Lipinski definition) is 2. The molecule has 0 aromatic carbocycles. The summed E-state index contributed by atoms with van der Waals surface area (Å²) in [6, 6.07) is 0.315. The minimum atomic E-state index is 0.0155. The zero-order chi connectivity index (χ0) is 14.5. The number of rotatable bonds is 5. The second-order valence-electron chi connectivity index (χ2n) is 5.39. The first-order valence-electron chi connectivity index (χ1n) is 7.26. The van der Waals surface area contributed by atoms with Gasteiger partial charge in [0, 0.05) is 13.1 Å². The maximum atomic E-state index is 5.55. The number of nitrogens with two attached hydrogens (primary N) is 1. The molecule has 0 spiro atoms. The molecule has 1 aromatic rings. The average Bonchev–Trinajstić information content (AvgIpc) is 2.46. The van der Waals surface area contributed by atoms with E-state index in [0.29, 0.717) is 17.9 Å². The second-order valence-corrected chi connectivity index (χ2v) is 5.39. The van der Waals surface area contributed by atoms with E-state index in [1.807, 2.05) is 13.8 Å². The van der Waals surface area contributed by atoms with Crippen LogP contribution in [0.15, 0.2) is 0 Å². The molecule has 7 heteroatoms. The van der Waals surface area contributed by atoms with Crippen LogP contribution in [0.4, 0.5) is 11.9 Å². The number of ether oxygens (including phenoxy) is 1. The lowest BCUT2D eigenvalue weighted by molar-refractivity contribution is 0.222. The Labute approximate surface area is 119 Å². The molecule has 3 N–H and O–H groups in total. The number of nitrogens with one attached hydrogen (secondary N) is 1. The molecular formula is C13H24N6O. The maximum absolute atomic E-state index is 5.55. The van der Waals surface area contributed by atoms with Gasteiger partial charge in [0.15, 0.2) is 0 Å². The first kappa shape index (κ1) is 14.8. The molecule has 0 atom stereocenters. The van der Waals surface area contributed by atoms with Gasteiger partial charge in [0.2, 0.25) is 11.9 Å². The fourth-order valence-electron chi connectivity index (χ4n) is 2.36. The molecule has 1 saturated heterocycles. The van der Waals surface area contributed by atoms with Gasteiger partial charge in [-0.3, -0.25) is 5.43 Å². The Balaban J connectivity index is 2.14. The summed E-state index contributed by atoms with van der Waals surface area (Å²) in [6.07, 6.45) is 3.60. The molecule has 20 heavy (non-hydrogen) atoms. The van der Waals surface area contributed by atoms with Gasteiger partial charge >= 0.3 is 6.01 Å². The summed E-state index contributed by atoms with van der Waals surface area (Å²) in [5.41, 5.74) is 2.47. The lowest BCUT2D eigenvalue weighted by Crippen LogP contribution is -2.35. The molecule has 2 rings (SSSR count).